The Bertz CT molecular complexity index is 3600. The normalized spacial score (nSPS) is 21.2. The van der Waals surface area contributed by atoms with E-state index in [2.05, 4.69) is 15.3 Å². The van der Waals surface area contributed by atoms with Gasteiger partial charge in [-0.3, -0.25) is 42.1 Å². The summed E-state index contributed by atoms with van der Waals surface area (Å²) in [4.78, 5) is 83.0. The maximum absolute atomic E-state index is 13.8. The maximum atomic E-state index is 13.8. The van der Waals surface area contributed by atoms with E-state index in [1.807, 2.05) is 0 Å². The highest BCUT2D eigenvalue weighted by Gasteiger charge is 2.58. The van der Waals surface area contributed by atoms with Crippen LogP contribution in [0.15, 0.2) is 81.2 Å². The van der Waals surface area contributed by atoms with Crippen molar-refractivity contribution in [2.75, 3.05) is 39.7 Å². The van der Waals surface area contributed by atoms with Crippen LogP contribution in [0.1, 0.15) is 139 Å². The highest BCUT2D eigenvalue weighted by molar-refractivity contribution is 7.87. The number of benzene rings is 3. The summed E-state index contributed by atoms with van der Waals surface area (Å²) < 4.78 is 101. The number of ether oxygens (including phenoxy) is 2. The number of carboxylic acid groups (broad SMARTS) is 2. The van der Waals surface area contributed by atoms with Crippen LogP contribution in [0, 0.1) is 42.2 Å². The van der Waals surface area contributed by atoms with Crippen LogP contribution < -0.4 is 20.6 Å². The first-order chi connectivity index (χ1) is 38.3. The number of carbonyl (C=O) groups is 4. The standard InChI is InChI=1S/C26H27FN2O9S2.C20H24FN3O4.C10H16O4/c1-16-13-18(9-11-20(16)27)10-12-21(30)23-24(38-40(34,35)19-7-5-4-6-8-19)26(31)29-17(2)14-36-15-22(25(29)28-23)37-39(3,32)33;1-11-8-13(4-6-14(11)21)5-7-16(25)17-18(26)20(27)24-12(2)9-28-10-15(22-3)19(24)23-17;1-9(2)6(7(11)12)4-5-10(9,3)8(13)14/h4-9,11,13,17,22H,10,12,14-15H2,1-3H3;4,6,8,12,15,22,26H,5,7,9-10H2,1-3H3;6H,4-5H2,1-3H3,(H,11,12)(H,13,14)/t17-,22?;12-,15+;6-,10+/m000/s1. The number of aliphatic carboxylic acids is 2. The zero-order chi connectivity index (χ0) is 60.8. The fourth-order valence-electron chi connectivity index (χ4n) is 9.89. The van der Waals surface area contributed by atoms with Gasteiger partial charge in [0.1, 0.15) is 28.2 Å². The molecule has 0 radical (unpaired) electrons. The van der Waals surface area contributed by atoms with Crippen molar-refractivity contribution in [2.45, 2.75) is 116 Å². The molecular weight excluding hydrogens is 1120 g/mol. The highest BCUT2D eigenvalue weighted by atomic mass is 32.2. The predicted octanol–water partition coefficient (Wildman–Crippen LogP) is 6.54. The molecule has 82 heavy (non-hydrogen) atoms. The molecule has 5 aromatic rings. The van der Waals surface area contributed by atoms with Gasteiger partial charge in [0, 0.05) is 12.8 Å². The van der Waals surface area contributed by atoms with Crippen molar-refractivity contribution in [1.29, 1.82) is 0 Å². The average molecular weight is 1180 g/mol. The molecular formula is C56H67F2N5O17S2. The van der Waals surface area contributed by atoms with Gasteiger partial charge in [-0.25, -0.2) is 18.7 Å². The molecule has 2 aromatic heterocycles. The van der Waals surface area contributed by atoms with E-state index in [1.165, 1.54) is 47.0 Å². The summed E-state index contributed by atoms with van der Waals surface area (Å²) in [5.41, 5.74) is -1.82. The summed E-state index contributed by atoms with van der Waals surface area (Å²) in [5.74, 6) is -5.58. The quantitative estimate of drug-likeness (QED) is 0.0601. The van der Waals surface area contributed by atoms with Crippen molar-refractivity contribution >= 4 is 43.7 Å². The van der Waals surface area contributed by atoms with Gasteiger partial charge >= 0.3 is 22.1 Å². The van der Waals surface area contributed by atoms with E-state index in [0.717, 1.165) is 16.4 Å². The summed E-state index contributed by atoms with van der Waals surface area (Å²) >= 11 is 0. The first-order valence-corrected chi connectivity index (χ1v) is 29.3. The number of likely N-dealkylation sites (N-methyl/N-ethyl adjacent to an activating group) is 1. The molecule has 8 rings (SSSR count). The van der Waals surface area contributed by atoms with Crippen molar-refractivity contribution in [3.8, 4) is 11.5 Å². The minimum Gasteiger partial charge on any atom is -0.501 e. The molecule has 0 saturated heterocycles. The van der Waals surface area contributed by atoms with E-state index < -0.39 is 107 Å². The largest absolute Gasteiger partial charge is 0.501 e. The number of carboxylic acids is 2. The number of hydrogen-bond donors (Lipinski definition) is 4. The minimum absolute atomic E-state index is 0.0464. The molecule has 6 atom stereocenters. The Hall–Kier alpha value is -7.10. The average Bonchev–Trinajstić information content (AvgIpc) is 3.48. The van der Waals surface area contributed by atoms with Gasteiger partial charge in [0.2, 0.25) is 11.5 Å². The number of halogens is 2. The van der Waals surface area contributed by atoms with E-state index in [9.17, 15) is 59.5 Å². The second-order valence-electron chi connectivity index (χ2n) is 21.2. The lowest BCUT2D eigenvalue weighted by atomic mass is 9.66. The maximum Gasteiger partial charge on any atom is 0.339 e. The smallest absolute Gasteiger partial charge is 0.339 e. The number of nitrogens with zero attached hydrogens (tertiary/aromatic N) is 4. The second kappa shape index (κ2) is 26.0. The number of aromatic hydroxyl groups is 1. The molecule has 1 unspecified atom stereocenters. The molecule has 26 heteroatoms. The number of rotatable bonds is 16. The summed E-state index contributed by atoms with van der Waals surface area (Å²) in [6, 6.07) is 14.6. The lowest BCUT2D eigenvalue weighted by Gasteiger charge is -2.36. The summed E-state index contributed by atoms with van der Waals surface area (Å²) in [7, 11) is -6.91. The zero-order valence-corrected chi connectivity index (χ0v) is 48.4. The van der Waals surface area contributed by atoms with Crippen LogP contribution >= 0.6 is 0 Å². The topological polar surface area (TPSA) is 316 Å². The molecule has 1 saturated carbocycles. The first-order valence-electron chi connectivity index (χ1n) is 26.1. The van der Waals surface area contributed by atoms with Gasteiger partial charge in [0.15, 0.2) is 29.1 Å². The van der Waals surface area contributed by atoms with Crippen LogP contribution in [0.3, 0.4) is 0 Å². The third-order valence-electron chi connectivity index (χ3n) is 15.1. The fourth-order valence-corrected chi connectivity index (χ4v) is 11.4. The molecule has 4 heterocycles. The van der Waals surface area contributed by atoms with Crippen molar-refractivity contribution in [2.24, 2.45) is 16.7 Å². The first kappa shape index (κ1) is 64.1. The van der Waals surface area contributed by atoms with Crippen LogP contribution in [0.2, 0.25) is 0 Å². The Kier molecular flexibility index (Phi) is 20.3. The van der Waals surface area contributed by atoms with Crippen molar-refractivity contribution in [1.82, 2.24) is 24.4 Å². The summed E-state index contributed by atoms with van der Waals surface area (Å²) in [6.07, 6.45) is 0.583. The molecule has 3 aliphatic rings. The van der Waals surface area contributed by atoms with Gasteiger partial charge in [-0.05, 0) is 119 Å². The summed E-state index contributed by atoms with van der Waals surface area (Å²) in [6.45, 7) is 12.0. The summed E-state index contributed by atoms with van der Waals surface area (Å²) in [5, 5.41) is 31.5. The monoisotopic (exact) mass is 1180 g/mol. The van der Waals surface area contributed by atoms with Gasteiger partial charge in [0.05, 0.1) is 62.1 Å². The number of fused-ring (bicyclic) bond motifs is 2. The van der Waals surface area contributed by atoms with Gasteiger partial charge < -0.3 is 34.3 Å². The van der Waals surface area contributed by atoms with E-state index in [4.69, 9.17) is 28.1 Å². The Balaban J connectivity index is 0.000000222. The molecule has 0 bridgehead atoms. The van der Waals surface area contributed by atoms with Crippen molar-refractivity contribution in [3.63, 3.8) is 0 Å². The predicted molar refractivity (Wildman–Crippen MR) is 292 cm³/mol. The van der Waals surface area contributed by atoms with Crippen LogP contribution in [-0.4, -0.2) is 114 Å². The Labute approximate surface area is 472 Å². The molecule has 444 valence electrons. The second-order valence-corrected chi connectivity index (χ2v) is 24.4. The number of hydrogen-bond acceptors (Lipinski definition) is 18. The number of aryl methyl sites for hydroxylation is 4. The van der Waals surface area contributed by atoms with Gasteiger partial charge in [-0.2, -0.15) is 16.8 Å². The van der Waals surface area contributed by atoms with E-state index in [1.54, 1.807) is 79.8 Å². The highest BCUT2D eigenvalue weighted by Crippen LogP contribution is 2.56. The molecule has 0 spiro atoms. The molecule has 3 aromatic carbocycles. The van der Waals surface area contributed by atoms with Crippen LogP contribution in [-0.2, 0) is 56.3 Å². The van der Waals surface area contributed by atoms with Gasteiger partial charge in [-0.15, -0.1) is 0 Å². The van der Waals surface area contributed by atoms with Crippen LogP contribution in [0.4, 0.5) is 8.78 Å². The Morgan fingerprint density at radius 3 is 1.74 bits per heavy atom. The molecule has 4 N–H and O–H groups in total. The Morgan fingerprint density at radius 1 is 0.756 bits per heavy atom. The fraction of sp³-hybridized carbons (Fsp3) is 0.464. The SMILES string of the molecule is CC1(C)[C@H](C(=O)O)CC[C@]1(C)C(=O)O.CN[C@@H]1COC[C@H](C)n2c1nc(C(=O)CCc1ccc(F)c(C)c1)c(O)c2=O.Cc1cc(CCC(=O)c2nc3n(c(=O)c2OS(=O)(=O)c2ccccc2)[C@@H](C)COCC3OS(C)(=O)=O)ccc1F. The van der Waals surface area contributed by atoms with E-state index in [-0.39, 0.29) is 66.8 Å². The number of aromatic nitrogens is 4. The van der Waals surface area contributed by atoms with E-state index in [0.29, 0.717) is 55.0 Å². The molecule has 2 aliphatic heterocycles. The molecule has 1 aliphatic carbocycles. The van der Waals surface area contributed by atoms with Gasteiger partial charge in [0.25, 0.3) is 21.2 Å². The lowest BCUT2D eigenvalue weighted by molar-refractivity contribution is -0.157. The number of ketones is 2. The van der Waals surface area contributed by atoms with Crippen LogP contribution in [0.25, 0.3) is 0 Å². The van der Waals surface area contributed by atoms with Crippen LogP contribution in [0.5, 0.6) is 11.5 Å². The third-order valence-corrected chi connectivity index (χ3v) is 16.9. The molecule has 22 nitrogen and oxygen atoms in total. The zero-order valence-electron chi connectivity index (χ0n) is 46.7. The number of Topliss-reactive ketones (excluding diaryl/α,β-unsaturated/α-hetero) is 2. The molecule has 0 amide bonds. The molecule has 1 fully saturated rings. The van der Waals surface area contributed by atoms with Crippen molar-refractivity contribution in [3.05, 3.63) is 144 Å². The minimum atomic E-state index is -4.57. The van der Waals surface area contributed by atoms with Gasteiger partial charge in [-0.1, -0.05) is 56.3 Å². The number of nitrogens with one attached hydrogen (secondary N) is 1. The van der Waals surface area contributed by atoms with E-state index >= 15 is 0 Å². The van der Waals surface area contributed by atoms with Crippen molar-refractivity contribution < 1.29 is 78.0 Å². The third kappa shape index (κ3) is 14.4. The number of carbonyl (C=O) groups excluding carboxylic acids is 2. The lowest BCUT2D eigenvalue weighted by Crippen LogP contribution is -2.42. The Morgan fingerprint density at radius 2 is 1.27 bits per heavy atom.